The van der Waals surface area contributed by atoms with Gasteiger partial charge in [-0.3, -0.25) is 4.68 Å². The highest BCUT2D eigenvalue weighted by Crippen LogP contribution is 2.08. The Hall–Kier alpha value is -1.85. The fraction of sp³-hybridized carbons (Fsp3) is 0.615. The number of hydrogen-bond donors (Lipinski definition) is 1. The molecule has 1 amide bonds. The summed E-state index contributed by atoms with van der Waals surface area (Å²) in [6, 6.07) is 0. The van der Waals surface area contributed by atoms with Gasteiger partial charge in [0.2, 0.25) is 0 Å². The average Bonchev–Trinajstić information content (AvgIpc) is 2.67. The average molecular weight is 267 g/mol. The monoisotopic (exact) mass is 267 g/mol. The van der Waals surface area contributed by atoms with E-state index in [1.807, 2.05) is 13.2 Å². The van der Waals surface area contributed by atoms with E-state index in [1.54, 1.807) is 31.6 Å². The highest BCUT2D eigenvalue weighted by molar-refractivity contribution is 5.68. The lowest BCUT2D eigenvalue weighted by atomic mass is 10.0. The molecule has 1 aromatic heterocycles. The van der Waals surface area contributed by atoms with E-state index in [-0.39, 0.29) is 12.5 Å². The Morgan fingerprint density at radius 3 is 2.74 bits per heavy atom. The molecule has 0 aliphatic carbocycles. The number of aromatic nitrogens is 2. The van der Waals surface area contributed by atoms with Crippen molar-refractivity contribution >= 4 is 12.4 Å². The summed E-state index contributed by atoms with van der Waals surface area (Å²) >= 11 is 0. The number of nitrogens with one attached hydrogen (secondary N) is 1. The van der Waals surface area contributed by atoms with Crippen molar-refractivity contribution in [2.24, 2.45) is 13.0 Å². The zero-order valence-electron chi connectivity index (χ0n) is 11.8. The van der Waals surface area contributed by atoms with Crippen LogP contribution in [0.2, 0.25) is 0 Å². The second-order valence-electron chi connectivity index (χ2n) is 5.51. The van der Waals surface area contributed by atoms with Gasteiger partial charge in [0, 0.05) is 25.7 Å². The number of carbonyl (C=O) groups is 2. The fourth-order valence-electron chi connectivity index (χ4n) is 1.58. The molecule has 0 saturated heterocycles. The van der Waals surface area contributed by atoms with Gasteiger partial charge in [-0.2, -0.15) is 5.10 Å². The first-order valence-electron chi connectivity index (χ1n) is 6.20. The van der Waals surface area contributed by atoms with Crippen molar-refractivity contribution in [1.82, 2.24) is 15.1 Å². The van der Waals surface area contributed by atoms with E-state index in [4.69, 9.17) is 4.74 Å². The number of amides is 1. The van der Waals surface area contributed by atoms with E-state index in [0.717, 1.165) is 11.8 Å². The zero-order valence-corrected chi connectivity index (χ0v) is 11.8. The Bertz CT molecular complexity index is 435. The van der Waals surface area contributed by atoms with E-state index in [2.05, 4.69) is 10.4 Å². The number of aldehydes is 1. The maximum atomic E-state index is 11.5. The van der Waals surface area contributed by atoms with Gasteiger partial charge in [0.1, 0.15) is 11.9 Å². The van der Waals surface area contributed by atoms with Crippen LogP contribution in [0.1, 0.15) is 26.3 Å². The molecule has 0 aliphatic rings. The standard InChI is InChI=1S/C13H21N3O3/c1-13(2,3)19-12(18)14-6-11(9-17)5-10-7-15-16(4)8-10/h7-9,11H,5-6H2,1-4H3,(H,14,18)/t11-/m1/s1. The van der Waals surface area contributed by atoms with E-state index in [0.29, 0.717) is 6.42 Å². The number of rotatable bonds is 5. The minimum absolute atomic E-state index is 0.257. The van der Waals surface area contributed by atoms with Crippen LogP contribution in [0.4, 0.5) is 4.79 Å². The molecule has 1 N–H and O–H groups in total. The van der Waals surface area contributed by atoms with Crippen LogP contribution in [0, 0.1) is 5.92 Å². The van der Waals surface area contributed by atoms with Gasteiger partial charge in [0.25, 0.3) is 0 Å². The summed E-state index contributed by atoms with van der Waals surface area (Å²) in [6.45, 7) is 5.63. The summed E-state index contributed by atoms with van der Waals surface area (Å²) in [5.74, 6) is -0.281. The summed E-state index contributed by atoms with van der Waals surface area (Å²) < 4.78 is 6.78. The smallest absolute Gasteiger partial charge is 0.407 e. The third kappa shape index (κ3) is 6.03. The lowest BCUT2D eigenvalue weighted by Crippen LogP contribution is -2.36. The first kappa shape index (κ1) is 15.2. The van der Waals surface area contributed by atoms with Crippen LogP contribution in [0.5, 0.6) is 0 Å². The third-order valence-electron chi connectivity index (χ3n) is 2.36. The minimum atomic E-state index is -0.538. The molecule has 0 spiro atoms. The Balaban J connectivity index is 2.41. The van der Waals surface area contributed by atoms with Crippen molar-refractivity contribution in [2.45, 2.75) is 32.8 Å². The summed E-state index contributed by atoms with van der Waals surface area (Å²) in [4.78, 5) is 22.5. The lowest BCUT2D eigenvalue weighted by Gasteiger charge is -2.20. The molecule has 0 aromatic carbocycles. The number of carbonyl (C=O) groups excluding carboxylic acids is 2. The largest absolute Gasteiger partial charge is 0.444 e. The quantitative estimate of drug-likeness (QED) is 0.816. The molecule has 0 fully saturated rings. The number of hydrogen-bond acceptors (Lipinski definition) is 4. The van der Waals surface area contributed by atoms with Crippen LogP contribution in [0.3, 0.4) is 0 Å². The second-order valence-corrected chi connectivity index (χ2v) is 5.51. The van der Waals surface area contributed by atoms with Crippen molar-refractivity contribution in [2.75, 3.05) is 6.54 Å². The van der Waals surface area contributed by atoms with Crippen molar-refractivity contribution in [3.05, 3.63) is 18.0 Å². The third-order valence-corrected chi connectivity index (χ3v) is 2.36. The number of alkyl carbamates (subject to hydrolysis) is 1. The Labute approximate surface area is 113 Å². The van der Waals surface area contributed by atoms with Crippen LogP contribution < -0.4 is 5.32 Å². The Kier molecular flexibility index (Phi) is 5.09. The number of nitrogens with zero attached hydrogens (tertiary/aromatic N) is 2. The van der Waals surface area contributed by atoms with E-state index in [9.17, 15) is 9.59 Å². The normalized spacial score (nSPS) is 12.8. The molecule has 1 aromatic rings. The lowest BCUT2D eigenvalue weighted by molar-refractivity contribution is -0.110. The van der Waals surface area contributed by atoms with E-state index in [1.165, 1.54) is 0 Å². The van der Waals surface area contributed by atoms with Crippen molar-refractivity contribution in [1.29, 1.82) is 0 Å². The molecule has 1 rings (SSSR count). The van der Waals surface area contributed by atoms with Crippen LogP contribution in [-0.4, -0.2) is 34.3 Å². The molecule has 0 radical (unpaired) electrons. The van der Waals surface area contributed by atoms with Crippen LogP contribution in [-0.2, 0) is 23.0 Å². The molecule has 0 bridgehead atoms. The van der Waals surface area contributed by atoms with Crippen molar-refractivity contribution in [3.8, 4) is 0 Å². The van der Waals surface area contributed by atoms with Gasteiger partial charge >= 0.3 is 6.09 Å². The van der Waals surface area contributed by atoms with Gasteiger partial charge < -0.3 is 14.8 Å². The molecule has 0 aliphatic heterocycles. The highest BCUT2D eigenvalue weighted by Gasteiger charge is 2.17. The van der Waals surface area contributed by atoms with Crippen LogP contribution in [0.25, 0.3) is 0 Å². The Morgan fingerprint density at radius 1 is 1.58 bits per heavy atom. The summed E-state index contributed by atoms with van der Waals surface area (Å²) in [5, 5.41) is 6.63. The zero-order chi connectivity index (χ0) is 14.5. The van der Waals surface area contributed by atoms with E-state index < -0.39 is 11.7 Å². The molecule has 19 heavy (non-hydrogen) atoms. The second kappa shape index (κ2) is 6.36. The molecule has 6 heteroatoms. The summed E-state index contributed by atoms with van der Waals surface area (Å²) in [7, 11) is 1.82. The molecule has 0 unspecified atom stereocenters. The molecule has 106 valence electrons. The van der Waals surface area contributed by atoms with Gasteiger partial charge in [0.05, 0.1) is 6.20 Å². The fourth-order valence-corrected chi connectivity index (χ4v) is 1.58. The van der Waals surface area contributed by atoms with Gasteiger partial charge in [-0.25, -0.2) is 4.79 Å². The minimum Gasteiger partial charge on any atom is -0.444 e. The van der Waals surface area contributed by atoms with Crippen molar-refractivity contribution < 1.29 is 14.3 Å². The van der Waals surface area contributed by atoms with Gasteiger partial charge in [-0.15, -0.1) is 0 Å². The van der Waals surface area contributed by atoms with E-state index >= 15 is 0 Å². The number of aryl methyl sites for hydroxylation is 1. The predicted octanol–water partition coefficient (Wildman–Crippen LogP) is 1.30. The van der Waals surface area contributed by atoms with Gasteiger partial charge in [-0.1, -0.05) is 0 Å². The highest BCUT2D eigenvalue weighted by atomic mass is 16.6. The van der Waals surface area contributed by atoms with Gasteiger partial charge in [-0.05, 0) is 32.8 Å². The molecule has 6 nitrogen and oxygen atoms in total. The SMILES string of the molecule is Cn1cc(C[C@@H](C=O)CNC(=O)OC(C)(C)C)cn1. The van der Waals surface area contributed by atoms with Gasteiger partial charge in [0.15, 0.2) is 0 Å². The molecule has 1 heterocycles. The summed E-state index contributed by atoms with van der Waals surface area (Å²) in [5.41, 5.74) is 0.426. The molecular formula is C13H21N3O3. The molecule has 1 atom stereocenters. The summed E-state index contributed by atoms with van der Waals surface area (Å²) in [6.07, 6.45) is 4.44. The first-order chi connectivity index (χ1) is 8.80. The predicted molar refractivity (Wildman–Crippen MR) is 70.7 cm³/mol. The molecule has 0 saturated carbocycles. The topological polar surface area (TPSA) is 73.2 Å². The van der Waals surface area contributed by atoms with Crippen LogP contribution >= 0.6 is 0 Å². The van der Waals surface area contributed by atoms with Crippen molar-refractivity contribution in [3.63, 3.8) is 0 Å². The number of ether oxygens (including phenoxy) is 1. The van der Waals surface area contributed by atoms with Crippen LogP contribution in [0.15, 0.2) is 12.4 Å². The molecular weight excluding hydrogens is 246 g/mol. The Morgan fingerprint density at radius 2 is 2.26 bits per heavy atom. The maximum Gasteiger partial charge on any atom is 0.407 e. The maximum absolute atomic E-state index is 11.5. The first-order valence-corrected chi connectivity index (χ1v) is 6.20.